The molecule has 1 amide bonds. The van der Waals surface area contributed by atoms with Crippen LogP contribution in [0.4, 0.5) is 0 Å². The summed E-state index contributed by atoms with van der Waals surface area (Å²) in [6.45, 7) is 10.0. The lowest BCUT2D eigenvalue weighted by molar-refractivity contribution is -0.124. The quantitative estimate of drug-likeness (QED) is 0.713. The van der Waals surface area contributed by atoms with Gasteiger partial charge in [-0.25, -0.2) is 0 Å². The lowest BCUT2D eigenvalue weighted by atomic mass is 9.94. The molecule has 0 radical (unpaired) electrons. The van der Waals surface area contributed by atoms with Crippen LogP contribution in [-0.4, -0.2) is 36.7 Å². The van der Waals surface area contributed by atoms with Crippen molar-refractivity contribution in [2.75, 3.05) is 13.2 Å². The molecule has 1 aliphatic heterocycles. The molecule has 1 aliphatic rings. The average molecular weight is 256 g/mol. The van der Waals surface area contributed by atoms with Gasteiger partial charge >= 0.3 is 0 Å². The Kier molecular flexibility index (Phi) is 6.09. The molecule has 1 heterocycles. The van der Waals surface area contributed by atoms with Crippen molar-refractivity contribution in [3.63, 3.8) is 0 Å². The first-order valence-electron chi connectivity index (χ1n) is 7.06. The maximum atomic E-state index is 11.8. The van der Waals surface area contributed by atoms with Crippen molar-refractivity contribution in [2.45, 2.75) is 71.1 Å². The largest absolute Gasteiger partial charge is 0.375 e. The van der Waals surface area contributed by atoms with Gasteiger partial charge in [0.1, 0.15) is 0 Å². The fourth-order valence-electron chi connectivity index (χ4n) is 2.29. The summed E-state index contributed by atoms with van der Waals surface area (Å²) in [6.07, 6.45) is 3.34. The Balaban J connectivity index is 2.16. The normalized spacial score (nSPS) is 23.1. The van der Waals surface area contributed by atoms with Crippen molar-refractivity contribution in [2.24, 2.45) is 0 Å². The molecule has 1 saturated heterocycles. The third-order valence-corrected chi connectivity index (χ3v) is 3.20. The standard InChI is InChI=1S/C14H28N2O2/c1-11(2)15-8-5-6-13(17)16-12-7-9-18-14(3,4)10-12/h11-12,15H,5-10H2,1-4H3,(H,16,17). The minimum absolute atomic E-state index is 0.102. The summed E-state index contributed by atoms with van der Waals surface area (Å²) in [5.74, 6) is 0.170. The molecule has 4 heteroatoms. The van der Waals surface area contributed by atoms with E-state index in [2.05, 4.69) is 38.3 Å². The first-order valence-corrected chi connectivity index (χ1v) is 7.06. The Hall–Kier alpha value is -0.610. The minimum atomic E-state index is -0.102. The fraction of sp³-hybridized carbons (Fsp3) is 0.929. The SMILES string of the molecule is CC(C)NCCCC(=O)NC1CCOC(C)(C)C1. The predicted octanol–water partition coefficient (Wildman–Crippen LogP) is 1.84. The van der Waals surface area contributed by atoms with Crippen molar-refractivity contribution < 1.29 is 9.53 Å². The van der Waals surface area contributed by atoms with Crippen LogP contribution in [0.3, 0.4) is 0 Å². The second kappa shape index (κ2) is 7.10. The summed E-state index contributed by atoms with van der Waals surface area (Å²) in [7, 11) is 0. The number of ether oxygens (including phenoxy) is 1. The third kappa shape index (κ3) is 6.36. The van der Waals surface area contributed by atoms with Crippen LogP contribution in [0.25, 0.3) is 0 Å². The number of amides is 1. The zero-order valence-corrected chi connectivity index (χ0v) is 12.2. The molecule has 1 unspecified atom stereocenters. The second-order valence-electron chi connectivity index (χ2n) is 6.08. The Morgan fingerprint density at radius 3 is 2.78 bits per heavy atom. The minimum Gasteiger partial charge on any atom is -0.375 e. The van der Waals surface area contributed by atoms with Crippen LogP contribution in [-0.2, 0) is 9.53 Å². The van der Waals surface area contributed by atoms with Gasteiger partial charge in [-0.05, 0) is 39.7 Å². The number of rotatable bonds is 6. The molecule has 4 nitrogen and oxygen atoms in total. The summed E-state index contributed by atoms with van der Waals surface area (Å²) in [5, 5.41) is 6.43. The van der Waals surface area contributed by atoms with E-state index >= 15 is 0 Å². The molecule has 18 heavy (non-hydrogen) atoms. The third-order valence-electron chi connectivity index (χ3n) is 3.20. The number of carbonyl (C=O) groups is 1. The molecule has 0 aliphatic carbocycles. The van der Waals surface area contributed by atoms with Crippen LogP contribution in [0, 0.1) is 0 Å². The molecular formula is C14H28N2O2. The molecule has 0 aromatic carbocycles. The highest BCUT2D eigenvalue weighted by molar-refractivity contribution is 5.76. The topological polar surface area (TPSA) is 50.4 Å². The van der Waals surface area contributed by atoms with Gasteiger partial charge in [0, 0.05) is 25.1 Å². The summed E-state index contributed by atoms with van der Waals surface area (Å²) in [6, 6.07) is 0.767. The van der Waals surface area contributed by atoms with E-state index in [-0.39, 0.29) is 17.6 Å². The number of carbonyl (C=O) groups excluding carboxylic acids is 1. The van der Waals surface area contributed by atoms with E-state index in [1.165, 1.54) is 0 Å². The predicted molar refractivity (Wildman–Crippen MR) is 73.6 cm³/mol. The van der Waals surface area contributed by atoms with Crippen molar-refractivity contribution in [3.8, 4) is 0 Å². The van der Waals surface area contributed by atoms with E-state index in [0.717, 1.165) is 32.4 Å². The molecule has 0 bridgehead atoms. The highest BCUT2D eigenvalue weighted by Crippen LogP contribution is 2.23. The molecule has 1 rings (SSSR count). The summed E-state index contributed by atoms with van der Waals surface area (Å²) >= 11 is 0. The van der Waals surface area contributed by atoms with Crippen LogP contribution in [0.1, 0.15) is 53.4 Å². The van der Waals surface area contributed by atoms with E-state index < -0.39 is 0 Å². The van der Waals surface area contributed by atoms with E-state index in [9.17, 15) is 4.79 Å². The summed E-state index contributed by atoms with van der Waals surface area (Å²) < 4.78 is 5.64. The highest BCUT2D eigenvalue weighted by Gasteiger charge is 2.29. The lowest BCUT2D eigenvalue weighted by Gasteiger charge is -2.35. The summed E-state index contributed by atoms with van der Waals surface area (Å²) in [4.78, 5) is 11.8. The second-order valence-corrected chi connectivity index (χ2v) is 6.08. The van der Waals surface area contributed by atoms with Crippen LogP contribution in [0.15, 0.2) is 0 Å². The zero-order chi connectivity index (χ0) is 13.6. The number of hydrogen-bond acceptors (Lipinski definition) is 3. The molecular weight excluding hydrogens is 228 g/mol. The zero-order valence-electron chi connectivity index (χ0n) is 12.2. The van der Waals surface area contributed by atoms with Crippen LogP contribution >= 0.6 is 0 Å². The van der Waals surface area contributed by atoms with Crippen molar-refractivity contribution in [1.82, 2.24) is 10.6 Å². The lowest BCUT2D eigenvalue weighted by Crippen LogP contribution is -2.45. The average Bonchev–Trinajstić information content (AvgIpc) is 2.22. The van der Waals surface area contributed by atoms with Crippen molar-refractivity contribution in [3.05, 3.63) is 0 Å². The molecule has 1 fully saturated rings. The van der Waals surface area contributed by atoms with Gasteiger partial charge in [-0.3, -0.25) is 4.79 Å². The Bertz CT molecular complexity index is 265. The van der Waals surface area contributed by atoms with Crippen LogP contribution < -0.4 is 10.6 Å². The van der Waals surface area contributed by atoms with Crippen molar-refractivity contribution in [1.29, 1.82) is 0 Å². The maximum Gasteiger partial charge on any atom is 0.220 e. The van der Waals surface area contributed by atoms with E-state index in [0.29, 0.717) is 12.5 Å². The molecule has 0 saturated carbocycles. The molecule has 0 spiro atoms. The van der Waals surface area contributed by atoms with Gasteiger partial charge in [-0.2, -0.15) is 0 Å². The smallest absolute Gasteiger partial charge is 0.220 e. The first-order chi connectivity index (χ1) is 8.39. The fourth-order valence-corrected chi connectivity index (χ4v) is 2.29. The Labute approximate surface area is 111 Å². The molecule has 2 N–H and O–H groups in total. The van der Waals surface area contributed by atoms with Gasteiger partial charge in [0.05, 0.1) is 5.60 Å². The number of hydrogen-bond donors (Lipinski definition) is 2. The van der Waals surface area contributed by atoms with Gasteiger partial charge in [0.25, 0.3) is 0 Å². The highest BCUT2D eigenvalue weighted by atomic mass is 16.5. The van der Waals surface area contributed by atoms with Crippen LogP contribution in [0.5, 0.6) is 0 Å². The maximum absolute atomic E-state index is 11.8. The van der Waals surface area contributed by atoms with Crippen LogP contribution in [0.2, 0.25) is 0 Å². The Morgan fingerprint density at radius 2 is 2.17 bits per heavy atom. The first kappa shape index (κ1) is 15.4. The van der Waals surface area contributed by atoms with Gasteiger partial charge in [0.15, 0.2) is 0 Å². The number of nitrogens with one attached hydrogen (secondary N) is 2. The van der Waals surface area contributed by atoms with E-state index in [1.54, 1.807) is 0 Å². The van der Waals surface area contributed by atoms with Gasteiger partial charge in [0.2, 0.25) is 5.91 Å². The summed E-state index contributed by atoms with van der Waals surface area (Å²) in [5.41, 5.74) is -0.102. The molecule has 106 valence electrons. The van der Waals surface area contributed by atoms with Gasteiger partial charge < -0.3 is 15.4 Å². The Morgan fingerprint density at radius 1 is 1.44 bits per heavy atom. The monoisotopic (exact) mass is 256 g/mol. The van der Waals surface area contributed by atoms with Crippen molar-refractivity contribution >= 4 is 5.91 Å². The van der Waals surface area contributed by atoms with E-state index in [4.69, 9.17) is 4.74 Å². The van der Waals surface area contributed by atoms with Gasteiger partial charge in [-0.1, -0.05) is 13.8 Å². The van der Waals surface area contributed by atoms with Gasteiger partial charge in [-0.15, -0.1) is 0 Å². The van der Waals surface area contributed by atoms with E-state index in [1.807, 2.05) is 0 Å². The molecule has 0 aromatic rings. The molecule has 1 atom stereocenters. The molecule has 0 aromatic heterocycles.